The summed E-state index contributed by atoms with van der Waals surface area (Å²) in [5, 5.41) is 0. The van der Waals surface area contributed by atoms with E-state index >= 15 is 0 Å². The average Bonchev–Trinajstić information content (AvgIpc) is 3.32. The van der Waals surface area contributed by atoms with Gasteiger partial charge in [-0.2, -0.15) is 0 Å². The van der Waals surface area contributed by atoms with Crippen LogP contribution in [0, 0.1) is 11.2 Å². The van der Waals surface area contributed by atoms with E-state index in [1.807, 2.05) is 18.2 Å². The Balaban J connectivity index is 0.000000586. The first kappa shape index (κ1) is 27.0. The molecule has 37 heavy (non-hydrogen) atoms. The van der Waals surface area contributed by atoms with Crippen molar-refractivity contribution in [3.05, 3.63) is 41.8 Å². The molecule has 1 aromatic carbocycles. The van der Waals surface area contributed by atoms with Crippen LogP contribution in [0.4, 0.5) is 15.9 Å². The summed E-state index contributed by atoms with van der Waals surface area (Å²) >= 11 is 0. The van der Waals surface area contributed by atoms with Gasteiger partial charge in [-0.3, -0.25) is 14.7 Å². The first-order chi connectivity index (χ1) is 17.9. The summed E-state index contributed by atoms with van der Waals surface area (Å²) in [6.45, 7) is 9.07. The number of anilines is 2. The molecule has 1 aliphatic carbocycles. The number of rotatable bonds is 6. The fourth-order valence-electron chi connectivity index (χ4n) is 6.13. The van der Waals surface area contributed by atoms with Crippen molar-refractivity contribution in [1.82, 2.24) is 14.8 Å². The van der Waals surface area contributed by atoms with Gasteiger partial charge in [-0.05, 0) is 62.4 Å². The lowest BCUT2D eigenvalue weighted by molar-refractivity contribution is -0.128. The Morgan fingerprint density at radius 1 is 1.24 bits per heavy atom. The molecule has 5 rings (SSSR count). The fraction of sp³-hybridized carbons (Fsp3) is 0.536. The molecule has 200 valence electrons. The van der Waals surface area contributed by atoms with E-state index in [0.29, 0.717) is 30.2 Å². The zero-order valence-electron chi connectivity index (χ0n) is 22.2. The van der Waals surface area contributed by atoms with E-state index in [2.05, 4.69) is 36.5 Å². The Hall–Kier alpha value is -3.04. The predicted molar refractivity (Wildman–Crippen MR) is 147 cm³/mol. The first-order valence-corrected chi connectivity index (χ1v) is 13.1. The van der Waals surface area contributed by atoms with E-state index < -0.39 is 0 Å². The SMILES string of the molecule is CCOC=O.CN=Cc1cc(-c2cc(F)cnc2N2CCN(C3CCC4(C3)CN(C)C4)CC2)ccc1N. The van der Waals surface area contributed by atoms with E-state index in [1.54, 1.807) is 26.3 Å². The molecule has 3 fully saturated rings. The minimum Gasteiger partial charge on any atom is -0.468 e. The summed E-state index contributed by atoms with van der Waals surface area (Å²) < 4.78 is 18.3. The summed E-state index contributed by atoms with van der Waals surface area (Å²) in [5.74, 6) is 0.519. The Bertz CT molecular complexity index is 1100. The van der Waals surface area contributed by atoms with Crippen molar-refractivity contribution in [3.8, 4) is 11.1 Å². The molecule has 3 aliphatic rings. The fourth-order valence-corrected chi connectivity index (χ4v) is 6.13. The normalized spacial score (nSPS) is 21.5. The van der Waals surface area contributed by atoms with Crippen LogP contribution in [0.15, 0.2) is 35.5 Å². The molecule has 1 spiro atoms. The van der Waals surface area contributed by atoms with Crippen LogP contribution in [0.25, 0.3) is 11.1 Å². The molecule has 0 radical (unpaired) electrons. The lowest BCUT2D eigenvalue weighted by Crippen LogP contribution is -2.54. The van der Waals surface area contributed by atoms with E-state index in [4.69, 9.17) is 5.73 Å². The lowest BCUT2D eigenvalue weighted by atomic mass is 9.78. The van der Waals surface area contributed by atoms with Crippen molar-refractivity contribution in [1.29, 1.82) is 0 Å². The number of nitrogen functional groups attached to an aromatic ring is 1. The zero-order valence-corrected chi connectivity index (χ0v) is 22.2. The molecule has 1 saturated carbocycles. The standard InChI is InChI=1S/C25H33FN6.C3H6O2/c1-28-14-19-11-18(3-4-23(19)27)22-12-20(26)15-29-24(22)32-9-7-31(8-10-32)21-5-6-25(13-21)16-30(2)17-25;1-2-5-3-4/h3-4,11-12,14-15,21H,5-10,13,16-17,27H2,1-2H3;3H,2H2,1H3. The highest BCUT2D eigenvalue weighted by atomic mass is 19.1. The van der Waals surface area contributed by atoms with Crippen molar-refractivity contribution in [3.63, 3.8) is 0 Å². The molecule has 9 heteroatoms. The van der Waals surface area contributed by atoms with Crippen LogP contribution in [0.5, 0.6) is 0 Å². The van der Waals surface area contributed by atoms with Crippen molar-refractivity contribution in [2.24, 2.45) is 10.4 Å². The highest BCUT2D eigenvalue weighted by molar-refractivity contribution is 5.90. The van der Waals surface area contributed by atoms with Crippen LogP contribution in [0.1, 0.15) is 31.7 Å². The third-order valence-corrected chi connectivity index (χ3v) is 7.75. The van der Waals surface area contributed by atoms with Gasteiger partial charge in [-0.25, -0.2) is 9.37 Å². The molecule has 1 aromatic heterocycles. The van der Waals surface area contributed by atoms with E-state index in [1.165, 1.54) is 38.5 Å². The smallest absolute Gasteiger partial charge is 0.293 e. The van der Waals surface area contributed by atoms with E-state index in [0.717, 1.165) is 48.7 Å². The molecule has 3 heterocycles. The maximum atomic E-state index is 14.2. The van der Waals surface area contributed by atoms with Crippen LogP contribution >= 0.6 is 0 Å². The van der Waals surface area contributed by atoms with Crippen molar-refractivity contribution in [2.75, 3.05) is 70.6 Å². The molecule has 2 N–H and O–H groups in total. The Morgan fingerprint density at radius 2 is 2.00 bits per heavy atom. The summed E-state index contributed by atoms with van der Waals surface area (Å²) in [7, 11) is 3.94. The maximum absolute atomic E-state index is 14.2. The number of halogens is 1. The molecule has 2 aliphatic heterocycles. The van der Waals surface area contributed by atoms with Gasteiger partial charge in [0, 0.05) is 75.4 Å². The van der Waals surface area contributed by atoms with Gasteiger partial charge in [0.15, 0.2) is 0 Å². The number of pyridine rings is 1. The molecule has 0 bridgehead atoms. The molecule has 0 amide bonds. The number of carbonyl (C=O) groups excluding carboxylic acids is 1. The van der Waals surface area contributed by atoms with Crippen LogP contribution in [0.2, 0.25) is 0 Å². The van der Waals surface area contributed by atoms with Gasteiger partial charge in [0.05, 0.1) is 12.8 Å². The molecule has 2 aromatic rings. The van der Waals surface area contributed by atoms with Gasteiger partial charge in [0.25, 0.3) is 6.47 Å². The second-order valence-electron chi connectivity index (χ2n) is 10.4. The molecule has 1 unspecified atom stereocenters. The van der Waals surface area contributed by atoms with Crippen LogP contribution in [-0.4, -0.2) is 93.5 Å². The number of piperazine rings is 1. The van der Waals surface area contributed by atoms with E-state index in [9.17, 15) is 9.18 Å². The summed E-state index contributed by atoms with van der Waals surface area (Å²) in [6, 6.07) is 8.05. The molecular formula is C28H39FN6O2. The largest absolute Gasteiger partial charge is 0.468 e. The number of carbonyl (C=O) groups is 1. The lowest BCUT2D eigenvalue weighted by Gasteiger charge is -2.47. The van der Waals surface area contributed by atoms with Crippen LogP contribution in [-0.2, 0) is 9.53 Å². The number of likely N-dealkylation sites (tertiary alicyclic amines) is 1. The topological polar surface area (TPSA) is 87.3 Å². The number of aromatic nitrogens is 1. The minimum absolute atomic E-state index is 0.327. The number of ether oxygens (including phenoxy) is 1. The Kier molecular flexibility index (Phi) is 8.76. The van der Waals surface area contributed by atoms with Crippen molar-refractivity contribution in [2.45, 2.75) is 32.2 Å². The second-order valence-corrected chi connectivity index (χ2v) is 10.4. The number of hydrogen-bond donors (Lipinski definition) is 1. The van der Waals surface area contributed by atoms with Crippen molar-refractivity contribution < 1.29 is 13.9 Å². The Labute approximate surface area is 219 Å². The molecule has 2 saturated heterocycles. The summed E-state index contributed by atoms with van der Waals surface area (Å²) in [4.78, 5) is 25.2. The number of nitrogens with two attached hydrogens (primary N) is 1. The first-order valence-electron chi connectivity index (χ1n) is 13.1. The van der Waals surface area contributed by atoms with Crippen LogP contribution in [0.3, 0.4) is 0 Å². The molecule has 8 nitrogen and oxygen atoms in total. The number of benzene rings is 1. The third kappa shape index (κ3) is 6.27. The quantitative estimate of drug-likeness (QED) is 0.362. The highest BCUT2D eigenvalue weighted by Gasteiger charge is 2.48. The molecule has 1 atom stereocenters. The van der Waals surface area contributed by atoms with Crippen molar-refractivity contribution >= 4 is 24.2 Å². The minimum atomic E-state index is -0.327. The highest BCUT2D eigenvalue weighted by Crippen LogP contribution is 2.46. The third-order valence-electron chi connectivity index (χ3n) is 7.75. The van der Waals surface area contributed by atoms with Gasteiger partial charge in [0.1, 0.15) is 11.6 Å². The monoisotopic (exact) mass is 510 g/mol. The predicted octanol–water partition coefficient (Wildman–Crippen LogP) is 3.30. The van der Waals surface area contributed by atoms with Gasteiger partial charge >= 0.3 is 0 Å². The van der Waals surface area contributed by atoms with Gasteiger partial charge in [-0.1, -0.05) is 6.07 Å². The maximum Gasteiger partial charge on any atom is 0.293 e. The number of aliphatic imine (C=N–C) groups is 1. The second kappa shape index (κ2) is 12.0. The average molecular weight is 511 g/mol. The number of nitrogens with zero attached hydrogens (tertiary/aromatic N) is 5. The summed E-state index contributed by atoms with van der Waals surface area (Å²) in [6.07, 6.45) is 7.08. The Morgan fingerprint density at radius 3 is 2.62 bits per heavy atom. The number of hydrogen-bond acceptors (Lipinski definition) is 8. The molecular weight excluding hydrogens is 471 g/mol. The zero-order chi connectivity index (χ0) is 26.4. The van der Waals surface area contributed by atoms with E-state index in [-0.39, 0.29) is 5.82 Å². The van der Waals surface area contributed by atoms with Gasteiger partial charge in [-0.15, -0.1) is 0 Å². The summed E-state index contributed by atoms with van der Waals surface area (Å²) in [5.41, 5.74) is 9.87. The van der Waals surface area contributed by atoms with Gasteiger partial charge in [0.2, 0.25) is 0 Å². The van der Waals surface area contributed by atoms with Gasteiger partial charge < -0.3 is 20.3 Å². The van der Waals surface area contributed by atoms with Crippen LogP contribution < -0.4 is 10.6 Å².